The maximum absolute atomic E-state index is 12.8. The number of carbonyl (C=O) groups is 6. The molecule has 4 aromatic rings. The minimum Gasteiger partial charge on any atom is -0.468 e. The summed E-state index contributed by atoms with van der Waals surface area (Å²) in [7, 11) is 2.75. The van der Waals surface area contributed by atoms with Gasteiger partial charge >= 0.3 is 36.3 Å². The van der Waals surface area contributed by atoms with Crippen LogP contribution < -0.4 is 0 Å². The lowest BCUT2D eigenvalue weighted by Gasteiger charge is -2.28. The Hall–Kier alpha value is -6.72. The second kappa shape index (κ2) is 22.4. The molecule has 2 heterocycles. The average molecular weight is 999 g/mol. The highest BCUT2D eigenvalue weighted by Crippen LogP contribution is 2.58. The Balaban J connectivity index is 0.000000267. The van der Waals surface area contributed by atoms with E-state index in [1.54, 1.807) is 95.7 Å². The summed E-state index contributed by atoms with van der Waals surface area (Å²) in [5, 5.41) is 0. The Morgan fingerprint density at radius 2 is 0.806 bits per heavy atom. The van der Waals surface area contributed by atoms with Gasteiger partial charge in [-0.25, -0.2) is 38.9 Å². The molecule has 2 aromatic heterocycles. The van der Waals surface area contributed by atoms with Crippen LogP contribution in [-0.2, 0) is 48.8 Å². The van der Waals surface area contributed by atoms with Crippen LogP contribution in [0.4, 0.5) is 19.2 Å². The van der Waals surface area contributed by atoms with Crippen LogP contribution in [0.15, 0.2) is 85.7 Å². The van der Waals surface area contributed by atoms with E-state index in [0.717, 1.165) is 21.2 Å². The highest BCUT2D eigenvalue weighted by Gasteiger charge is 2.64. The second-order valence-corrected chi connectivity index (χ2v) is 22.2. The fourth-order valence-electron chi connectivity index (χ4n) is 8.42. The van der Waals surface area contributed by atoms with Gasteiger partial charge in [-0.05, 0) is 158 Å². The Morgan fingerprint density at radius 1 is 0.514 bits per heavy atom. The molecule has 4 amide bonds. The summed E-state index contributed by atoms with van der Waals surface area (Å²) in [6.07, 6.45) is 7.39. The molecule has 2 aliphatic rings. The van der Waals surface area contributed by atoms with Crippen molar-refractivity contribution in [3.63, 3.8) is 0 Å². The molecule has 0 bridgehead atoms. The van der Waals surface area contributed by atoms with Gasteiger partial charge in [0.2, 0.25) is 0 Å². The summed E-state index contributed by atoms with van der Waals surface area (Å²) in [5.74, 6) is -0.713. The first-order chi connectivity index (χ1) is 33.5. The molecular weight excluding hydrogens is 925 g/mol. The normalized spacial score (nSPS) is 19.4. The molecule has 0 saturated heterocycles. The number of imide groups is 2. The number of methoxy groups -OCH3 is 2. The Morgan fingerprint density at radius 3 is 1.07 bits per heavy atom. The molecule has 0 N–H and O–H groups in total. The molecule has 18 nitrogen and oxygen atoms in total. The number of hydrogen-bond donors (Lipinski definition) is 0. The SMILES string of the molecule is COC(=O)C1(c2cn(-c3ccccc3)cn2)C[C@@H]1CCCN(C(=O)OC(C)(C)C)C(=O)OC(C)(C)C.COC(=O)[C@@]1(c2cn(-c3ccccc3)cn2)C[C@H]1CCCN(C(=O)OC(C)(C)C)C(=O)OC(C)(C)C. The zero-order valence-electron chi connectivity index (χ0n) is 44.5. The summed E-state index contributed by atoms with van der Waals surface area (Å²) in [5.41, 5.74) is -1.51. The third-order valence-electron chi connectivity index (χ3n) is 11.8. The van der Waals surface area contributed by atoms with Crippen LogP contribution in [-0.4, -0.2) is 115 Å². The second-order valence-electron chi connectivity index (χ2n) is 22.2. The van der Waals surface area contributed by atoms with E-state index in [0.29, 0.717) is 49.9 Å². The summed E-state index contributed by atoms with van der Waals surface area (Å²) < 4.78 is 35.7. The number of hydrogen-bond acceptors (Lipinski definition) is 14. The third-order valence-corrected chi connectivity index (χ3v) is 11.8. The van der Waals surface area contributed by atoms with Gasteiger partial charge in [0.15, 0.2) is 0 Å². The highest BCUT2D eigenvalue weighted by atomic mass is 16.6. The van der Waals surface area contributed by atoms with Crippen molar-refractivity contribution in [2.45, 2.75) is 155 Å². The number of imidazole rings is 2. The minimum atomic E-state index is -0.836. The largest absolute Gasteiger partial charge is 0.468 e. The number of benzene rings is 2. The molecule has 2 aromatic carbocycles. The monoisotopic (exact) mass is 999 g/mol. The molecule has 6 rings (SSSR count). The quantitative estimate of drug-likeness (QED) is 0.0853. The van der Waals surface area contributed by atoms with E-state index in [1.807, 2.05) is 82.2 Å². The predicted octanol–water partition coefficient (Wildman–Crippen LogP) is 10.5. The fraction of sp³-hybridized carbons (Fsp3) is 0.556. The Labute approximate surface area is 423 Å². The average Bonchev–Trinajstić information content (AvgIpc) is 4.01. The summed E-state index contributed by atoms with van der Waals surface area (Å²) in [6, 6.07) is 19.5. The van der Waals surface area contributed by atoms with Gasteiger partial charge in [0.1, 0.15) is 33.2 Å². The Kier molecular flexibility index (Phi) is 17.5. The van der Waals surface area contributed by atoms with Crippen LogP contribution in [0.2, 0.25) is 0 Å². The van der Waals surface area contributed by atoms with E-state index < -0.39 is 57.6 Å². The first-order valence-electron chi connectivity index (χ1n) is 24.4. The molecule has 2 fully saturated rings. The lowest BCUT2D eigenvalue weighted by Crippen LogP contribution is -2.44. The van der Waals surface area contributed by atoms with E-state index in [-0.39, 0.29) is 36.9 Å². The van der Waals surface area contributed by atoms with Crippen LogP contribution in [0.5, 0.6) is 0 Å². The van der Waals surface area contributed by atoms with Crippen molar-refractivity contribution in [3.05, 3.63) is 97.1 Å². The van der Waals surface area contributed by atoms with Crippen molar-refractivity contribution in [2.24, 2.45) is 11.8 Å². The minimum absolute atomic E-state index is 0.0248. The molecule has 2 saturated carbocycles. The maximum Gasteiger partial charge on any atom is 0.419 e. The molecule has 0 spiro atoms. The number of rotatable bonds is 14. The summed E-state index contributed by atoms with van der Waals surface area (Å²) in [4.78, 5) is 87.7. The van der Waals surface area contributed by atoms with Gasteiger partial charge in [0.25, 0.3) is 0 Å². The van der Waals surface area contributed by atoms with E-state index in [2.05, 4.69) is 9.97 Å². The number of para-hydroxylation sites is 2. The lowest BCUT2D eigenvalue weighted by molar-refractivity contribution is -0.145. The third kappa shape index (κ3) is 14.7. The molecule has 18 heteroatoms. The van der Waals surface area contributed by atoms with Crippen molar-refractivity contribution in [2.75, 3.05) is 27.3 Å². The highest BCUT2D eigenvalue weighted by molar-refractivity contribution is 5.89. The number of ether oxygens (including phenoxy) is 6. The van der Waals surface area contributed by atoms with Crippen LogP contribution in [0.25, 0.3) is 11.4 Å². The number of nitrogens with zero attached hydrogens (tertiary/aromatic N) is 6. The van der Waals surface area contributed by atoms with Crippen LogP contribution in [0.1, 0.15) is 133 Å². The summed E-state index contributed by atoms with van der Waals surface area (Å²) >= 11 is 0. The van der Waals surface area contributed by atoms with Crippen molar-refractivity contribution < 1.29 is 57.2 Å². The van der Waals surface area contributed by atoms with Crippen molar-refractivity contribution in [3.8, 4) is 11.4 Å². The number of aromatic nitrogens is 4. The topological polar surface area (TPSA) is 200 Å². The molecule has 2 aliphatic carbocycles. The van der Waals surface area contributed by atoms with E-state index in [1.165, 1.54) is 14.2 Å². The zero-order valence-corrected chi connectivity index (χ0v) is 44.5. The van der Waals surface area contributed by atoms with Gasteiger partial charge in [-0.15, -0.1) is 0 Å². The van der Waals surface area contributed by atoms with E-state index >= 15 is 0 Å². The maximum atomic E-state index is 12.8. The van der Waals surface area contributed by atoms with Gasteiger partial charge in [-0.3, -0.25) is 9.59 Å². The molecule has 1 unspecified atom stereocenters. The standard InChI is InChI=1S/2C27H37N3O6/c2*1-25(2,3)35-23(32)30(24(33)36-26(4,5)6)15-11-12-19-16-27(19,22(31)34-7)21-17-29(18-28-21)20-13-9-8-10-14-20/h2*8-10,13-14,17-19H,11-12,15-16H2,1-7H3/t19-,27?;19-,27+/m01/s1. The lowest BCUT2D eigenvalue weighted by atomic mass is 9.97. The number of amides is 4. The molecular formula is C54H74N6O12. The summed E-state index contributed by atoms with van der Waals surface area (Å²) in [6.45, 7) is 21.1. The number of esters is 2. The van der Waals surface area contributed by atoms with Crippen molar-refractivity contribution >= 4 is 36.3 Å². The van der Waals surface area contributed by atoms with Crippen LogP contribution in [0, 0.1) is 11.8 Å². The number of carbonyl (C=O) groups excluding carboxylic acids is 6. The molecule has 0 aliphatic heterocycles. The zero-order chi connectivity index (χ0) is 53.5. The fourth-order valence-corrected chi connectivity index (χ4v) is 8.42. The smallest absolute Gasteiger partial charge is 0.419 e. The van der Waals surface area contributed by atoms with Crippen LogP contribution in [0.3, 0.4) is 0 Å². The van der Waals surface area contributed by atoms with Crippen molar-refractivity contribution in [1.29, 1.82) is 0 Å². The first kappa shape index (κ1) is 56.2. The molecule has 0 radical (unpaired) electrons. The first-order valence-corrected chi connectivity index (χ1v) is 24.4. The van der Waals surface area contributed by atoms with E-state index in [9.17, 15) is 28.8 Å². The molecule has 4 atom stereocenters. The van der Waals surface area contributed by atoms with Gasteiger partial charge < -0.3 is 37.6 Å². The molecule has 392 valence electrons. The van der Waals surface area contributed by atoms with Crippen molar-refractivity contribution in [1.82, 2.24) is 28.9 Å². The van der Waals surface area contributed by atoms with E-state index in [4.69, 9.17) is 28.4 Å². The van der Waals surface area contributed by atoms with Gasteiger partial charge in [0, 0.05) is 36.9 Å². The van der Waals surface area contributed by atoms with Gasteiger partial charge in [0.05, 0.1) is 38.3 Å². The Bertz CT molecular complexity index is 2280. The van der Waals surface area contributed by atoms with Gasteiger partial charge in [-0.1, -0.05) is 36.4 Å². The molecule has 72 heavy (non-hydrogen) atoms. The predicted molar refractivity (Wildman–Crippen MR) is 268 cm³/mol. The van der Waals surface area contributed by atoms with Crippen LogP contribution >= 0.6 is 0 Å². The van der Waals surface area contributed by atoms with Gasteiger partial charge in [-0.2, -0.15) is 0 Å².